The van der Waals surface area contributed by atoms with Crippen LogP contribution in [0.5, 0.6) is 5.75 Å². The molecule has 1 aliphatic rings. The molecule has 0 saturated heterocycles. The average Bonchev–Trinajstić information content (AvgIpc) is 3.28. The number of aromatic amines is 1. The number of aryl methyl sites for hydroxylation is 1. The number of aromatic nitrogens is 3. The van der Waals surface area contributed by atoms with Crippen molar-refractivity contribution in [1.82, 2.24) is 19.7 Å². The molecule has 184 valence electrons. The number of hydrogen-bond donors (Lipinski definition) is 2. The van der Waals surface area contributed by atoms with Crippen molar-refractivity contribution in [1.29, 1.82) is 0 Å². The third-order valence-electron chi connectivity index (χ3n) is 6.33. The Balaban J connectivity index is 0.000000284. The molecule has 0 bridgehead atoms. The van der Waals surface area contributed by atoms with Crippen LogP contribution in [0.2, 0.25) is 0 Å². The first-order valence-electron chi connectivity index (χ1n) is 11.4. The molecule has 9 heteroatoms. The highest BCUT2D eigenvalue weighted by Crippen LogP contribution is 2.27. The highest BCUT2D eigenvalue weighted by atomic mass is 16.5. The second kappa shape index (κ2) is 11.0. The van der Waals surface area contributed by atoms with Gasteiger partial charge in [-0.3, -0.25) is 19.5 Å². The lowest BCUT2D eigenvalue weighted by Gasteiger charge is -2.33. The van der Waals surface area contributed by atoms with E-state index in [-0.39, 0.29) is 18.6 Å². The van der Waals surface area contributed by atoms with Gasteiger partial charge < -0.3 is 19.5 Å². The van der Waals surface area contributed by atoms with Crippen molar-refractivity contribution in [2.45, 2.75) is 45.6 Å². The summed E-state index contributed by atoms with van der Waals surface area (Å²) in [5.41, 5.74) is 1.04. The Bertz CT molecular complexity index is 1220. The minimum Gasteiger partial charge on any atom is -0.496 e. The molecular weight excluding hydrogens is 434 g/mol. The van der Waals surface area contributed by atoms with Gasteiger partial charge in [-0.1, -0.05) is 19.8 Å². The number of pyridine rings is 1. The second-order valence-electron chi connectivity index (χ2n) is 8.86. The van der Waals surface area contributed by atoms with Gasteiger partial charge in [0.25, 0.3) is 11.5 Å². The summed E-state index contributed by atoms with van der Waals surface area (Å²) in [6, 6.07) is 7.11. The first kappa shape index (κ1) is 25.0. The van der Waals surface area contributed by atoms with E-state index in [1.807, 2.05) is 11.9 Å². The number of hydrogen-bond acceptors (Lipinski definition) is 5. The van der Waals surface area contributed by atoms with E-state index in [9.17, 15) is 14.4 Å². The van der Waals surface area contributed by atoms with E-state index in [4.69, 9.17) is 4.74 Å². The monoisotopic (exact) mass is 469 g/mol. The number of benzene rings is 1. The van der Waals surface area contributed by atoms with Gasteiger partial charge in [-0.2, -0.15) is 5.10 Å². The van der Waals surface area contributed by atoms with Gasteiger partial charge in [-0.05, 0) is 37.0 Å². The van der Waals surface area contributed by atoms with E-state index in [1.165, 1.54) is 37.4 Å². The predicted molar refractivity (Wildman–Crippen MR) is 134 cm³/mol. The van der Waals surface area contributed by atoms with E-state index in [2.05, 4.69) is 22.4 Å². The van der Waals surface area contributed by atoms with Crippen molar-refractivity contribution in [3.05, 3.63) is 52.6 Å². The van der Waals surface area contributed by atoms with Crippen LogP contribution in [0.1, 0.15) is 51.3 Å². The normalized spacial score (nSPS) is 17.4. The van der Waals surface area contributed by atoms with Gasteiger partial charge in [0, 0.05) is 46.1 Å². The maximum atomic E-state index is 12.5. The largest absolute Gasteiger partial charge is 0.496 e. The maximum Gasteiger partial charge on any atom is 0.274 e. The Labute approximate surface area is 200 Å². The van der Waals surface area contributed by atoms with E-state index in [1.54, 1.807) is 50.6 Å². The van der Waals surface area contributed by atoms with Gasteiger partial charge in [-0.15, -0.1) is 0 Å². The molecule has 3 aromatic rings. The predicted octanol–water partition coefficient (Wildman–Crippen LogP) is 3.81. The van der Waals surface area contributed by atoms with E-state index in [0.717, 1.165) is 16.8 Å². The highest BCUT2D eigenvalue weighted by Gasteiger charge is 2.23. The molecule has 9 nitrogen and oxygen atoms in total. The van der Waals surface area contributed by atoms with Crippen LogP contribution in [0.4, 0.5) is 5.69 Å². The molecule has 2 atom stereocenters. The van der Waals surface area contributed by atoms with Gasteiger partial charge >= 0.3 is 0 Å². The van der Waals surface area contributed by atoms with Crippen LogP contribution >= 0.6 is 0 Å². The van der Waals surface area contributed by atoms with E-state index >= 15 is 0 Å². The van der Waals surface area contributed by atoms with Gasteiger partial charge in [0.15, 0.2) is 0 Å². The number of fused-ring (bicyclic) bond motifs is 1. The summed E-state index contributed by atoms with van der Waals surface area (Å²) in [5.74, 6) is 0.991. The summed E-state index contributed by atoms with van der Waals surface area (Å²) >= 11 is 0. The Morgan fingerprint density at radius 2 is 2.09 bits per heavy atom. The Morgan fingerprint density at radius 3 is 2.76 bits per heavy atom. The van der Waals surface area contributed by atoms with Gasteiger partial charge in [0.2, 0.25) is 5.91 Å². The third kappa shape index (κ3) is 5.84. The number of amides is 2. The number of anilines is 1. The minimum absolute atomic E-state index is 0. The molecule has 1 unspecified atom stereocenters. The van der Waals surface area contributed by atoms with Crippen LogP contribution in [-0.4, -0.2) is 51.7 Å². The van der Waals surface area contributed by atoms with Gasteiger partial charge in [-0.25, -0.2) is 0 Å². The molecule has 1 aromatic carbocycles. The molecule has 0 radical (unpaired) electrons. The fraction of sp³-hybridized carbons (Fsp3) is 0.440. The average molecular weight is 470 g/mol. The van der Waals surface area contributed by atoms with Gasteiger partial charge in [0.1, 0.15) is 11.4 Å². The van der Waals surface area contributed by atoms with Crippen molar-refractivity contribution in [2.24, 2.45) is 13.0 Å². The summed E-state index contributed by atoms with van der Waals surface area (Å²) in [7, 11) is 5.02. The number of nitrogens with zero attached hydrogens (tertiary/aromatic N) is 3. The lowest BCUT2D eigenvalue weighted by Crippen LogP contribution is -2.38. The van der Waals surface area contributed by atoms with Crippen LogP contribution in [0.25, 0.3) is 10.9 Å². The zero-order chi connectivity index (χ0) is 24.8. The lowest BCUT2D eigenvalue weighted by molar-refractivity contribution is -0.130. The van der Waals surface area contributed by atoms with Crippen molar-refractivity contribution in [2.75, 3.05) is 19.5 Å². The first-order chi connectivity index (χ1) is 16.2. The number of carbonyl (C=O) groups excluding carboxylic acids is 2. The van der Waals surface area contributed by atoms with Crippen LogP contribution in [0.15, 0.2) is 41.5 Å². The number of nitrogens with one attached hydrogen (secondary N) is 2. The fourth-order valence-corrected chi connectivity index (χ4v) is 4.21. The molecule has 2 aromatic heterocycles. The standard InChI is InChI=1S/C15H14N4O3.C10H19NO.H2/c1-19-5-3-4-11(15(19)21)17-14(20)10-6-9-8-16-18-12(9)7-13(10)22-2;1-8-5-4-6-10(7-8)11(3)9(2)12;/h3-8H,1-2H3,(H,16,18)(H,17,20);8,10H,4-7H2,1-3H3;1H/t;8?,10-;/m.0./s1. The molecular formula is C25H35N5O4. The number of ether oxygens (including phenoxy) is 1. The second-order valence-corrected chi connectivity index (χ2v) is 8.86. The summed E-state index contributed by atoms with van der Waals surface area (Å²) in [4.78, 5) is 37.4. The summed E-state index contributed by atoms with van der Waals surface area (Å²) in [5, 5.41) is 10.1. The van der Waals surface area contributed by atoms with E-state index in [0.29, 0.717) is 17.4 Å². The van der Waals surface area contributed by atoms with Crippen LogP contribution in [0.3, 0.4) is 0 Å². The topological polar surface area (TPSA) is 109 Å². The first-order valence-corrected chi connectivity index (χ1v) is 11.4. The molecule has 0 aliphatic heterocycles. The Morgan fingerprint density at radius 1 is 1.32 bits per heavy atom. The summed E-state index contributed by atoms with van der Waals surface area (Å²) < 4.78 is 6.64. The number of rotatable bonds is 4. The van der Waals surface area contributed by atoms with Crippen molar-refractivity contribution >= 4 is 28.4 Å². The lowest BCUT2D eigenvalue weighted by atomic mass is 9.86. The SMILES string of the molecule is CC(=O)N(C)[C@H]1CCCC(C)C1.COc1cc2[nH]ncc2cc1C(=O)Nc1cccn(C)c1=O.[HH]. The number of H-pyrrole nitrogens is 1. The zero-order valence-electron chi connectivity index (χ0n) is 20.4. The van der Waals surface area contributed by atoms with Crippen LogP contribution in [-0.2, 0) is 11.8 Å². The van der Waals surface area contributed by atoms with Crippen molar-refractivity contribution in [3.63, 3.8) is 0 Å². The molecule has 0 spiro atoms. The summed E-state index contributed by atoms with van der Waals surface area (Å²) in [6.45, 7) is 3.93. The third-order valence-corrected chi connectivity index (χ3v) is 6.33. The molecule has 2 N–H and O–H groups in total. The number of methoxy groups -OCH3 is 1. The molecule has 34 heavy (non-hydrogen) atoms. The Kier molecular flexibility index (Phi) is 8.09. The smallest absolute Gasteiger partial charge is 0.274 e. The minimum atomic E-state index is -0.414. The fourth-order valence-electron chi connectivity index (χ4n) is 4.21. The molecule has 4 rings (SSSR count). The molecule has 1 fully saturated rings. The van der Waals surface area contributed by atoms with E-state index < -0.39 is 5.91 Å². The number of carbonyl (C=O) groups is 2. The quantitative estimate of drug-likeness (QED) is 0.604. The van der Waals surface area contributed by atoms with Crippen molar-refractivity contribution in [3.8, 4) is 5.75 Å². The molecule has 1 saturated carbocycles. The van der Waals surface area contributed by atoms with Crippen LogP contribution in [0, 0.1) is 5.92 Å². The maximum absolute atomic E-state index is 12.5. The van der Waals surface area contributed by atoms with Gasteiger partial charge in [0.05, 0.1) is 24.4 Å². The highest BCUT2D eigenvalue weighted by molar-refractivity contribution is 6.08. The van der Waals surface area contributed by atoms with Crippen LogP contribution < -0.4 is 15.6 Å². The Hall–Kier alpha value is -3.62. The zero-order valence-corrected chi connectivity index (χ0v) is 20.4. The molecule has 2 heterocycles. The molecule has 1 aliphatic carbocycles. The summed E-state index contributed by atoms with van der Waals surface area (Å²) in [6.07, 6.45) is 8.24. The molecule has 2 amide bonds. The van der Waals surface area contributed by atoms with Crippen molar-refractivity contribution < 1.29 is 15.8 Å².